The van der Waals surface area contributed by atoms with Gasteiger partial charge in [0, 0.05) is 6.07 Å². The molecule has 1 aliphatic rings. The SMILES string of the molecule is Nc1c2c(cc(=O)n1-c1cc(C(F)(F)F)c(F)cc1[N+](=O)[O-])C(=O)NC2=O. The third kappa shape index (κ3) is 2.68. The van der Waals surface area contributed by atoms with E-state index in [0.29, 0.717) is 6.07 Å². The number of carbonyl (C=O) groups excluding carboxylic acids is 2. The van der Waals surface area contributed by atoms with Gasteiger partial charge in [-0.25, -0.2) is 4.39 Å². The molecule has 3 N–H and O–H groups in total. The lowest BCUT2D eigenvalue weighted by Gasteiger charge is -2.15. The molecular weight excluding hydrogens is 380 g/mol. The molecule has 0 bridgehead atoms. The minimum Gasteiger partial charge on any atom is -0.384 e. The predicted molar refractivity (Wildman–Crippen MR) is 79.9 cm³/mol. The van der Waals surface area contributed by atoms with E-state index in [1.807, 2.05) is 5.32 Å². The number of nitrogens with zero attached hydrogens (tertiary/aromatic N) is 2. The van der Waals surface area contributed by atoms with Crippen LogP contribution in [-0.2, 0) is 6.18 Å². The van der Waals surface area contributed by atoms with E-state index >= 15 is 0 Å². The van der Waals surface area contributed by atoms with E-state index in [0.717, 1.165) is 0 Å². The van der Waals surface area contributed by atoms with Gasteiger partial charge in [0.25, 0.3) is 23.1 Å². The molecule has 1 aromatic heterocycles. The molecule has 1 aromatic carbocycles. The van der Waals surface area contributed by atoms with Crippen LogP contribution in [0.5, 0.6) is 0 Å². The number of hydrogen-bond donors (Lipinski definition) is 2. The van der Waals surface area contributed by atoms with Crippen molar-refractivity contribution in [1.29, 1.82) is 0 Å². The lowest BCUT2D eigenvalue weighted by molar-refractivity contribution is -0.384. The van der Waals surface area contributed by atoms with Gasteiger partial charge in [0.05, 0.1) is 27.7 Å². The number of halogens is 4. The van der Waals surface area contributed by atoms with Crippen LogP contribution in [0.25, 0.3) is 5.69 Å². The molecule has 9 nitrogen and oxygen atoms in total. The van der Waals surface area contributed by atoms with E-state index in [4.69, 9.17) is 5.73 Å². The first-order valence-corrected chi connectivity index (χ1v) is 6.90. The number of aromatic nitrogens is 1. The molecule has 0 fully saturated rings. The van der Waals surface area contributed by atoms with Gasteiger partial charge >= 0.3 is 6.18 Å². The smallest absolute Gasteiger partial charge is 0.384 e. The monoisotopic (exact) mass is 386 g/mol. The number of imide groups is 1. The number of nitrogens with one attached hydrogen (secondary N) is 1. The second-order valence-corrected chi connectivity index (χ2v) is 5.35. The summed E-state index contributed by atoms with van der Waals surface area (Å²) in [6.07, 6.45) is -5.23. The second-order valence-electron chi connectivity index (χ2n) is 5.35. The number of nitro benzene ring substituents is 1. The van der Waals surface area contributed by atoms with Crippen molar-refractivity contribution in [2.45, 2.75) is 6.18 Å². The molecule has 0 saturated heterocycles. The Hall–Kier alpha value is -3.77. The molecule has 27 heavy (non-hydrogen) atoms. The highest BCUT2D eigenvalue weighted by atomic mass is 19.4. The molecule has 2 amide bonds. The first-order chi connectivity index (χ1) is 12.4. The van der Waals surface area contributed by atoms with E-state index in [9.17, 15) is 42.1 Å². The first-order valence-electron chi connectivity index (χ1n) is 6.90. The number of amides is 2. The van der Waals surface area contributed by atoms with Crippen LogP contribution in [-0.4, -0.2) is 21.3 Å². The summed E-state index contributed by atoms with van der Waals surface area (Å²) in [6.45, 7) is 0. The Morgan fingerprint density at radius 1 is 1.11 bits per heavy atom. The molecule has 140 valence electrons. The van der Waals surface area contributed by atoms with Crippen molar-refractivity contribution in [2.75, 3.05) is 5.73 Å². The zero-order valence-corrected chi connectivity index (χ0v) is 12.8. The predicted octanol–water partition coefficient (Wildman–Crippen LogP) is 1.37. The van der Waals surface area contributed by atoms with Crippen LogP contribution in [0.3, 0.4) is 0 Å². The van der Waals surface area contributed by atoms with Crippen LogP contribution in [0, 0.1) is 15.9 Å². The Kier molecular flexibility index (Phi) is 3.75. The van der Waals surface area contributed by atoms with Crippen molar-refractivity contribution in [2.24, 2.45) is 0 Å². The van der Waals surface area contributed by atoms with Gasteiger partial charge in [-0.1, -0.05) is 0 Å². The average molecular weight is 386 g/mol. The number of carbonyl (C=O) groups is 2. The van der Waals surface area contributed by atoms with Crippen molar-refractivity contribution < 1.29 is 32.1 Å². The number of alkyl halides is 3. The molecule has 0 radical (unpaired) electrons. The topological polar surface area (TPSA) is 137 Å². The van der Waals surface area contributed by atoms with Crippen molar-refractivity contribution in [3.8, 4) is 5.69 Å². The summed E-state index contributed by atoms with van der Waals surface area (Å²) in [5.74, 6) is -4.74. The maximum Gasteiger partial charge on any atom is 0.419 e. The average Bonchev–Trinajstić information content (AvgIpc) is 2.81. The standard InChI is InChI=1S/C14H6F4N4O5/c15-6-3-8(22(26)27)7(2-5(6)14(16,17)18)21-9(23)1-4-10(11(21)19)13(25)20-12(4)24/h1-3H,19H2,(H,20,24,25). The highest BCUT2D eigenvalue weighted by molar-refractivity contribution is 6.23. The molecule has 3 rings (SSSR count). The van der Waals surface area contributed by atoms with Crippen LogP contribution in [0.15, 0.2) is 23.0 Å². The Balaban J connectivity index is 2.43. The highest BCUT2D eigenvalue weighted by Crippen LogP contribution is 2.37. The number of nitrogens with two attached hydrogens (primary N) is 1. The van der Waals surface area contributed by atoms with Crippen LogP contribution in [0.2, 0.25) is 0 Å². The molecule has 0 atom stereocenters. The molecular formula is C14H6F4N4O5. The van der Waals surface area contributed by atoms with Crippen molar-refractivity contribution >= 4 is 23.3 Å². The molecule has 2 aromatic rings. The zero-order chi connectivity index (χ0) is 20.3. The van der Waals surface area contributed by atoms with Crippen LogP contribution >= 0.6 is 0 Å². The highest BCUT2D eigenvalue weighted by Gasteiger charge is 2.38. The number of anilines is 1. The van der Waals surface area contributed by atoms with Gasteiger partial charge in [-0.2, -0.15) is 13.2 Å². The third-order valence-corrected chi connectivity index (χ3v) is 3.76. The zero-order valence-electron chi connectivity index (χ0n) is 12.8. The van der Waals surface area contributed by atoms with Crippen LogP contribution in [0.4, 0.5) is 29.1 Å². The fourth-order valence-electron chi connectivity index (χ4n) is 2.62. The summed E-state index contributed by atoms with van der Waals surface area (Å²) in [7, 11) is 0. The molecule has 1 aliphatic heterocycles. The minimum absolute atomic E-state index is 0.0114. The Morgan fingerprint density at radius 3 is 2.30 bits per heavy atom. The Morgan fingerprint density at radius 2 is 1.74 bits per heavy atom. The van der Waals surface area contributed by atoms with Crippen LogP contribution in [0.1, 0.15) is 26.3 Å². The summed E-state index contributed by atoms with van der Waals surface area (Å²) < 4.78 is 52.8. The van der Waals surface area contributed by atoms with Gasteiger partial charge in [0.1, 0.15) is 17.3 Å². The van der Waals surface area contributed by atoms with E-state index < -0.39 is 68.2 Å². The summed E-state index contributed by atoms with van der Waals surface area (Å²) in [5, 5.41) is 13.0. The van der Waals surface area contributed by atoms with Crippen molar-refractivity contribution in [3.05, 3.63) is 61.2 Å². The van der Waals surface area contributed by atoms with Gasteiger partial charge in [-0.05, 0) is 6.07 Å². The van der Waals surface area contributed by atoms with Gasteiger partial charge in [-0.15, -0.1) is 0 Å². The Bertz CT molecular complexity index is 1110. The molecule has 0 spiro atoms. The van der Waals surface area contributed by atoms with E-state index in [1.54, 1.807) is 0 Å². The molecule has 13 heteroatoms. The van der Waals surface area contributed by atoms with Gasteiger partial charge in [-0.3, -0.25) is 34.4 Å². The summed E-state index contributed by atoms with van der Waals surface area (Å²) in [4.78, 5) is 45.6. The minimum atomic E-state index is -5.23. The first kappa shape index (κ1) is 18.0. The molecule has 0 aliphatic carbocycles. The fraction of sp³-hybridized carbons (Fsp3) is 0.0714. The number of rotatable bonds is 2. The van der Waals surface area contributed by atoms with Gasteiger partial charge < -0.3 is 5.73 Å². The quantitative estimate of drug-likeness (QED) is 0.346. The summed E-state index contributed by atoms with van der Waals surface area (Å²) in [5.41, 5.74) is -0.634. The largest absolute Gasteiger partial charge is 0.419 e. The summed E-state index contributed by atoms with van der Waals surface area (Å²) in [6, 6.07) is 0.612. The third-order valence-electron chi connectivity index (χ3n) is 3.76. The normalized spacial score (nSPS) is 13.5. The van der Waals surface area contributed by atoms with Gasteiger partial charge in [0.15, 0.2) is 0 Å². The van der Waals surface area contributed by atoms with E-state index in [1.165, 1.54) is 0 Å². The number of fused-ring (bicyclic) bond motifs is 1. The molecule has 2 heterocycles. The number of pyridine rings is 1. The van der Waals surface area contributed by atoms with E-state index in [2.05, 4.69) is 0 Å². The number of nitrogen functional groups attached to an aromatic ring is 1. The molecule has 0 saturated carbocycles. The number of hydrogen-bond acceptors (Lipinski definition) is 6. The van der Waals surface area contributed by atoms with Crippen molar-refractivity contribution in [1.82, 2.24) is 9.88 Å². The maximum absolute atomic E-state index is 13.7. The lowest BCUT2D eigenvalue weighted by atomic mass is 10.1. The van der Waals surface area contributed by atoms with Crippen molar-refractivity contribution in [3.63, 3.8) is 0 Å². The van der Waals surface area contributed by atoms with Crippen LogP contribution < -0.4 is 16.6 Å². The van der Waals surface area contributed by atoms with Gasteiger partial charge in [0.2, 0.25) is 0 Å². The maximum atomic E-state index is 13.7. The second kappa shape index (κ2) is 5.62. The molecule has 0 unspecified atom stereocenters. The number of nitro groups is 1. The summed E-state index contributed by atoms with van der Waals surface area (Å²) >= 11 is 0. The Labute approximate surface area is 145 Å². The lowest BCUT2D eigenvalue weighted by Crippen LogP contribution is -2.25. The fourth-order valence-corrected chi connectivity index (χ4v) is 2.62. The number of benzene rings is 1. The van der Waals surface area contributed by atoms with E-state index in [-0.39, 0.29) is 16.7 Å².